The molecule has 1 aliphatic heterocycles. The Bertz CT molecular complexity index is 940. The molecule has 0 fully saturated rings. The summed E-state index contributed by atoms with van der Waals surface area (Å²) in [5, 5.41) is 2.44. The molecule has 2 heterocycles. The van der Waals surface area contributed by atoms with E-state index in [1.54, 1.807) is 7.11 Å². The van der Waals surface area contributed by atoms with Crippen molar-refractivity contribution in [3.8, 4) is 17.0 Å². The molecule has 23 heavy (non-hydrogen) atoms. The zero-order valence-electron chi connectivity index (χ0n) is 14.2. The predicted octanol–water partition coefficient (Wildman–Crippen LogP) is 4.28. The van der Waals surface area contributed by atoms with E-state index in [9.17, 15) is 0 Å². The number of aromatic nitrogens is 1. The highest BCUT2D eigenvalue weighted by Gasteiger charge is 2.25. The zero-order valence-corrected chi connectivity index (χ0v) is 14.2. The third kappa shape index (κ3) is 2.13. The molecule has 0 bridgehead atoms. The van der Waals surface area contributed by atoms with Gasteiger partial charge in [0, 0.05) is 18.1 Å². The Balaban J connectivity index is 2.02. The molecule has 0 saturated carbocycles. The van der Waals surface area contributed by atoms with Crippen molar-refractivity contribution < 1.29 is 9.30 Å². The zero-order chi connectivity index (χ0) is 16.1. The molecular formula is C21H22NO+. The van der Waals surface area contributed by atoms with Gasteiger partial charge in [-0.25, -0.2) is 0 Å². The lowest BCUT2D eigenvalue weighted by Gasteiger charge is -2.18. The second-order valence-corrected chi connectivity index (χ2v) is 6.61. The second-order valence-electron chi connectivity index (χ2n) is 6.61. The molecule has 2 nitrogen and oxygen atoms in total. The lowest BCUT2D eigenvalue weighted by atomic mass is 9.92. The Kier molecular flexibility index (Phi) is 3.15. The summed E-state index contributed by atoms with van der Waals surface area (Å²) >= 11 is 0. The average Bonchev–Trinajstić information content (AvgIpc) is 2.54. The highest BCUT2D eigenvalue weighted by atomic mass is 16.5. The fourth-order valence-electron chi connectivity index (χ4n) is 3.69. The van der Waals surface area contributed by atoms with Crippen molar-refractivity contribution in [3.63, 3.8) is 0 Å². The number of nitrogens with zero attached hydrogens (tertiary/aromatic N) is 1. The number of ether oxygens (including phenoxy) is 1. The normalized spacial score (nSPS) is 12.9. The largest absolute Gasteiger partial charge is 0.496 e. The molecule has 0 radical (unpaired) electrons. The average molecular weight is 304 g/mol. The molecule has 0 aliphatic carbocycles. The van der Waals surface area contributed by atoms with E-state index < -0.39 is 0 Å². The summed E-state index contributed by atoms with van der Waals surface area (Å²) in [4.78, 5) is 0. The van der Waals surface area contributed by atoms with Crippen LogP contribution in [-0.2, 0) is 13.0 Å². The van der Waals surface area contributed by atoms with Gasteiger partial charge in [-0.3, -0.25) is 0 Å². The van der Waals surface area contributed by atoms with Crippen LogP contribution in [0.3, 0.4) is 0 Å². The number of aryl methyl sites for hydroxylation is 5. The topological polar surface area (TPSA) is 13.1 Å². The van der Waals surface area contributed by atoms with Crippen LogP contribution in [0, 0.1) is 20.8 Å². The minimum absolute atomic E-state index is 0.990. The van der Waals surface area contributed by atoms with Crippen LogP contribution in [0.5, 0.6) is 5.75 Å². The quantitative estimate of drug-likeness (QED) is 0.611. The van der Waals surface area contributed by atoms with E-state index >= 15 is 0 Å². The molecule has 0 saturated heterocycles. The SMILES string of the molecule is COc1c(C)ccc2cc3[n+](cc12)CCc1cc(C)c(C)cc1-3. The molecule has 116 valence electrons. The number of pyridine rings is 1. The van der Waals surface area contributed by atoms with Crippen molar-refractivity contribution in [2.75, 3.05) is 7.11 Å². The van der Waals surface area contributed by atoms with Crippen molar-refractivity contribution in [3.05, 3.63) is 58.8 Å². The molecule has 0 N–H and O–H groups in total. The van der Waals surface area contributed by atoms with Gasteiger partial charge in [-0.1, -0.05) is 18.2 Å². The lowest BCUT2D eigenvalue weighted by molar-refractivity contribution is -0.686. The summed E-state index contributed by atoms with van der Waals surface area (Å²) in [6.07, 6.45) is 3.35. The molecular weight excluding hydrogens is 282 g/mol. The molecule has 0 amide bonds. The maximum absolute atomic E-state index is 5.64. The van der Waals surface area contributed by atoms with Crippen molar-refractivity contribution in [2.45, 2.75) is 33.7 Å². The van der Waals surface area contributed by atoms with E-state index in [0.717, 1.165) is 18.7 Å². The number of methoxy groups -OCH3 is 1. The van der Waals surface area contributed by atoms with E-state index in [1.165, 1.54) is 44.3 Å². The van der Waals surface area contributed by atoms with Gasteiger partial charge in [0.2, 0.25) is 5.69 Å². The molecule has 0 atom stereocenters. The van der Waals surface area contributed by atoms with E-state index in [0.29, 0.717) is 0 Å². The highest BCUT2D eigenvalue weighted by Crippen LogP contribution is 2.33. The molecule has 0 unspecified atom stereocenters. The summed E-state index contributed by atoms with van der Waals surface area (Å²) in [5.41, 5.74) is 8.08. The first-order chi connectivity index (χ1) is 11.1. The maximum Gasteiger partial charge on any atom is 0.213 e. The van der Waals surface area contributed by atoms with Crippen LogP contribution in [0.4, 0.5) is 0 Å². The predicted molar refractivity (Wildman–Crippen MR) is 94.0 cm³/mol. The van der Waals surface area contributed by atoms with Crippen LogP contribution in [-0.4, -0.2) is 7.11 Å². The van der Waals surface area contributed by atoms with Crippen LogP contribution >= 0.6 is 0 Å². The van der Waals surface area contributed by atoms with Crippen LogP contribution in [0.25, 0.3) is 22.0 Å². The second kappa shape index (κ2) is 5.09. The minimum atomic E-state index is 0.990. The Labute approximate surface area is 137 Å². The lowest BCUT2D eigenvalue weighted by Crippen LogP contribution is -2.40. The molecule has 4 rings (SSSR count). The Morgan fingerprint density at radius 3 is 2.52 bits per heavy atom. The van der Waals surface area contributed by atoms with Crippen molar-refractivity contribution in [2.24, 2.45) is 0 Å². The number of hydrogen-bond acceptors (Lipinski definition) is 1. The number of hydrogen-bond donors (Lipinski definition) is 0. The van der Waals surface area contributed by atoms with Gasteiger partial charge in [-0.2, -0.15) is 4.57 Å². The van der Waals surface area contributed by atoms with Gasteiger partial charge in [0.25, 0.3) is 0 Å². The van der Waals surface area contributed by atoms with Crippen LogP contribution in [0.1, 0.15) is 22.3 Å². The van der Waals surface area contributed by atoms with Gasteiger partial charge in [-0.15, -0.1) is 0 Å². The monoisotopic (exact) mass is 304 g/mol. The number of rotatable bonds is 1. The summed E-state index contributed by atoms with van der Waals surface area (Å²) in [6.45, 7) is 7.52. The van der Waals surface area contributed by atoms with E-state index in [-0.39, 0.29) is 0 Å². The van der Waals surface area contributed by atoms with Crippen LogP contribution < -0.4 is 9.30 Å². The van der Waals surface area contributed by atoms with Gasteiger partial charge in [0.05, 0.1) is 12.5 Å². The van der Waals surface area contributed by atoms with Gasteiger partial charge in [0.1, 0.15) is 5.75 Å². The molecule has 2 aromatic carbocycles. The van der Waals surface area contributed by atoms with Gasteiger partial charge in [-0.05, 0) is 54.5 Å². The van der Waals surface area contributed by atoms with E-state index in [4.69, 9.17) is 4.74 Å². The molecule has 1 aromatic heterocycles. The summed E-state index contributed by atoms with van der Waals surface area (Å²) < 4.78 is 8.02. The van der Waals surface area contributed by atoms with E-state index in [1.807, 2.05) is 0 Å². The van der Waals surface area contributed by atoms with Gasteiger partial charge >= 0.3 is 0 Å². The smallest absolute Gasteiger partial charge is 0.213 e. The fraction of sp³-hybridized carbons (Fsp3) is 0.286. The Hall–Kier alpha value is -2.35. The first kappa shape index (κ1) is 14.3. The fourth-order valence-corrected chi connectivity index (χ4v) is 3.69. The van der Waals surface area contributed by atoms with Gasteiger partial charge < -0.3 is 4.74 Å². The third-order valence-corrected chi connectivity index (χ3v) is 5.13. The first-order valence-electron chi connectivity index (χ1n) is 8.20. The summed E-state index contributed by atoms with van der Waals surface area (Å²) in [5.74, 6) is 0.990. The summed E-state index contributed by atoms with van der Waals surface area (Å²) in [6, 6.07) is 11.3. The van der Waals surface area contributed by atoms with Crippen molar-refractivity contribution in [1.82, 2.24) is 0 Å². The maximum atomic E-state index is 5.64. The molecule has 2 heteroatoms. The standard InChI is InChI=1S/C21H22NO/c1-13-5-6-16-11-20-18-10-15(3)14(2)9-17(18)7-8-22(20)12-19(16)21(13)23-4/h5-6,9-12H,7-8H2,1-4H3/q+1. The molecule has 1 aliphatic rings. The first-order valence-corrected chi connectivity index (χ1v) is 8.20. The molecule has 0 spiro atoms. The Morgan fingerprint density at radius 1 is 0.957 bits per heavy atom. The van der Waals surface area contributed by atoms with Crippen molar-refractivity contribution >= 4 is 10.8 Å². The van der Waals surface area contributed by atoms with Gasteiger partial charge in [0.15, 0.2) is 12.7 Å². The number of benzene rings is 2. The van der Waals surface area contributed by atoms with Crippen molar-refractivity contribution in [1.29, 1.82) is 0 Å². The summed E-state index contributed by atoms with van der Waals surface area (Å²) in [7, 11) is 1.76. The number of fused-ring (bicyclic) bond motifs is 4. The molecule has 3 aromatic rings. The Morgan fingerprint density at radius 2 is 1.74 bits per heavy atom. The van der Waals surface area contributed by atoms with E-state index in [2.05, 4.69) is 61.9 Å². The van der Waals surface area contributed by atoms with Crippen LogP contribution in [0.15, 0.2) is 36.5 Å². The third-order valence-electron chi connectivity index (χ3n) is 5.13. The van der Waals surface area contributed by atoms with Crippen LogP contribution in [0.2, 0.25) is 0 Å². The minimum Gasteiger partial charge on any atom is -0.496 e. The highest BCUT2D eigenvalue weighted by molar-refractivity contribution is 5.90.